The van der Waals surface area contributed by atoms with Crippen LogP contribution in [0.5, 0.6) is 5.75 Å². The first-order valence-corrected chi connectivity index (χ1v) is 7.30. The first kappa shape index (κ1) is 13.6. The number of ether oxygens (including phenoxy) is 1. The molecule has 1 aromatic heterocycles. The molecule has 2 aromatic rings. The average molecular weight is 279 g/mol. The van der Waals surface area contributed by atoms with Gasteiger partial charge in [-0.15, -0.1) is 0 Å². The first-order chi connectivity index (χ1) is 9.10. The summed E-state index contributed by atoms with van der Waals surface area (Å²) in [4.78, 5) is 0.606. The van der Waals surface area contributed by atoms with Gasteiger partial charge in [0.1, 0.15) is 5.75 Å². The van der Waals surface area contributed by atoms with E-state index in [2.05, 4.69) is 5.10 Å². The summed E-state index contributed by atoms with van der Waals surface area (Å²) >= 11 is 0. The van der Waals surface area contributed by atoms with Crippen molar-refractivity contribution in [2.45, 2.75) is 17.6 Å². The fourth-order valence-corrected chi connectivity index (χ4v) is 2.93. The second kappa shape index (κ2) is 5.88. The van der Waals surface area contributed by atoms with Crippen molar-refractivity contribution in [3.8, 4) is 5.75 Å². The van der Waals surface area contributed by atoms with Crippen molar-refractivity contribution >= 4 is 16.5 Å². The molecule has 0 saturated heterocycles. The quantitative estimate of drug-likeness (QED) is 0.846. The molecule has 1 atom stereocenters. The van der Waals surface area contributed by atoms with E-state index in [1.165, 1.54) is 0 Å². The first-order valence-electron chi connectivity index (χ1n) is 5.98. The number of nitrogens with two attached hydrogens (primary N) is 1. The molecule has 0 aliphatic carbocycles. The van der Waals surface area contributed by atoms with E-state index in [-0.39, 0.29) is 0 Å². The van der Waals surface area contributed by atoms with Gasteiger partial charge in [0.25, 0.3) is 0 Å². The minimum Gasteiger partial charge on any atom is -0.494 e. The molecule has 1 aromatic carbocycles. The lowest BCUT2D eigenvalue weighted by molar-refractivity contribution is 0.339. The van der Waals surface area contributed by atoms with E-state index in [4.69, 9.17) is 10.5 Å². The maximum absolute atomic E-state index is 12.3. The number of hydrogen-bond acceptors (Lipinski definition) is 4. The highest BCUT2D eigenvalue weighted by Gasteiger charge is 2.11. The van der Waals surface area contributed by atoms with Crippen LogP contribution < -0.4 is 10.5 Å². The van der Waals surface area contributed by atoms with Gasteiger partial charge in [0.15, 0.2) is 0 Å². The van der Waals surface area contributed by atoms with Crippen molar-refractivity contribution < 1.29 is 8.95 Å². The number of aryl methyl sites for hydroxylation is 1. The number of hydrogen-bond donors (Lipinski definition) is 1. The van der Waals surface area contributed by atoms with Gasteiger partial charge in [0, 0.05) is 24.5 Å². The van der Waals surface area contributed by atoms with E-state index in [0.717, 1.165) is 5.56 Å². The Hall–Kier alpha value is -1.82. The summed E-state index contributed by atoms with van der Waals surface area (Å²) in [5, 5.41) is 4.06. The molecule has 102 valence electrons. The molecule has 5 nitrogen and oxygen atoms in total. The van der Waals surface area contributed by atoms with E-state index in [1.807, 2.05) is 20.2 Å². The molecule has 1 unspecified atom stereocenters. The molecule has 19 heavy (non-hydrogen) atoms. The lowest BCUT2D eigenvalue weighted by Gasteiger charge is -2.08. The third kappa shape index (κ3) is 3.35. The fraction of sp³-hybridized carbons (Fsp3) is 0.308. The van der Waals surface area contributed by atoms with Crippen LogP contribution >= 0.6 is 0 Å². The minimum absolute atomic E-state index is 0.396. The van der Waals surface area contributed by atoms with Crippen LogP contribution in [0.25, 0.3) is 0 Å². The van der Waals surface area contributed by atoms with Gasteiger partial charge in [0.05, 0.1) is 34.3 Å². The molecule has 0 aliphatic heterocycles. The number of nitrogen functional groups attached to an aromatic ring is 1. The van der Waals surface area contributed by atoms with E-state index in [0.29, 0.717) is 28.7 Å². The van der Waals surface area contributed by atoms with Crippen LogP contribution in [0.15, 0.2) is 35.5 Å². The van der Waals surface area contributed by atoms with Crippen molar-refractivity contribution in [3.05, 3.63) is 36.2 Å². The van der Waals surface area contributed by atoms with Gasteiger partial charge in [-0.1, -0.05) is 0 Å². The van der Waals surface area contributed by atoms with E-state index >= 15 is 0 Å². The normalized spacial score (nSPS) is 12.3. The van der Waals surface area contributed by atoms with Gasteiger partial charge < -0.3 is 10.5 Å². The highest BCUT2D eigenvalue weighted by Crippen LogP contribution is 2.24. The molecule has 0 bridgehead atoms. The Balaban J connectivity index is 2.20. The van der Waals surface area contributed by atoms with Gasteiger partial charge in [-0.05, 0) is 25.1 Å². The Bertz CT molecular complexity index is 595. The molecule has 2 N–H and O–H groups in total. The number of aromatic nitrogens is 2. The maximum atomic E-state index is 12.3. The molecule has 0 amide bonds. The highest BCUT2D eigenvalue weighted by molar-refractivity contribution is 7.84. The summed E-state index contributed by atoms with van der Waals surface area (Å²) in [5.74, 6) is 1.08. The fourth-order valence-electron chi connectivity index (χ4n) is 1.74. The van der Waals surface area contributed by atoms with Crippen LogP contribution in [0.3, 0.4) is 0 Å². The Kier molecular flexibility index (Phi) is 4.21. The third-order valence-electron chi connectivity index (χ3n) is 2.60. The van der Waals surface area contributed by atoms with E-state index in [9.17, 15) is 4.21 Å². The summed E-state index contributed by atoms with van der Waals surface area (Å²) in [6.45, 7) is 2.47. The summed E-state index contributed by atoms with van der Waals surface area (Å²) in [6, 6.07) is 5.25. The SMILES string of the molecule is CCOc1ccc(N)c(S(=O)Cc2cnn(C)c2)c1. The van der Waals surface area contributed by atoms with Gasteiger partial charge in [-0.3, -0.25) is 8.89 Å². The summed E-state index contributed by atoms with van der Waals surface area (Å²) < 4.78 is 19.4. The second-order valence-corrected chi connectivity index (χ2v) is 5.56. The molecule has 0 aliphatic rings. The molecule has 0 saturated carbocycles. The van der Waals surface area contributed by atoms with Gasteiger partial charge >= 0.3 is 0 Å². The molecule has 2 rings (SSSR count). The maximum Gasteiger partial charge on any atom is 0.120 e. The topological polar surface area (TPSA) is 70.1 Å². The van der Waals surface area contributed by atoms with Crippen molar-refractivity contribution in [2.75, 3.05) is 12.3 Å². The average Bonchev–Trinajstić information content (AvgIpc) is 2.77. The summed E-state index contributed by atoms with van der Waals surface area (Å²) in [5.41, 5.74) is 7.31. The van der Waals surface area contributed by atoms with Crippen LogP contribution in [0.1, 0.15) is 12.5 Å². The van der Waals surface area contributed by atoms with Crippen LogP contribution in [-0.4, -0.2) is 20.6 Å². The Morgan fingerprint density at radius 2 is 2.26 bits per heavy atom. The summed E-state index contributed by atoms with van der Waals surface area (Å²) in [7, 11) is 0.625. The Labute approximate surface area is 114 Å². The van der Waals surface area contributed by atoms with Gasteiger partial charge in [-0.2, -0.15) is 5.10 Å². The van der Waals surface area contributed by atoms with E-state index in [1.54, 1.807) is 29.1 Å². The lowest BCUT2D eigenvalue weighted by atomic mass is 10.3. The third-order valence-corrected chi connectivity index (χ3v) is 4.04. The zero-order chi connectivity index (χ0) is 13.8. The number of rotatable bonds is 5. The smallest absolute Gasteiger partial charge is 0.120 e. The molecule has 0 spiro atoms. The van der Waals surface area contributed by atoms with Crippen LogP contribution in [0, 0.1) is 0 Å². The van der Waals surface area contributed by atoms with Crippen molar-refractivity contribution in [1.29, 1.82) is 0 Å². The molecule has 1 heterocycles. The van der Waals surface area contributed by atoms with Crippen LogP contribution in [0.4, 0.5) is 5.69 Å². The van der Waals surface area contributed by atoms with Crippen LogP contribution in [0.2, 0.25) is 0 Å². The minimum atomic E-state index is -1.20. The molecule has 0 radical (unpaired) electrons. The van der Waals surface area contributed by atoms with Gasteiger partial charge in [-0.25, -0.2) is 0 Å². The van der Waals surface area contributed by atoms with Crippen LogP contribution in [-0.2, 0) is 23.6 Å². The predicted octanol–water partition coefficient (Wildman–Crippen LogP) is 1.71. The molecular formula is C13H17N3O2S. The zero-order valence-electron chi connectivity index (χ0n) is 11.0. The second-order valence-electron chi connectivity index (χ2n) is 4.14. The monoisotopic (exact) mass is 279 g/mol. The number of anilines is 1. The van der Waals surface area contributed by atoms with Crippen molar-refractivity contribution in [2.24, 2.45) is 7.05 Å². The number of benzene rings is 1. The standard InChI is InChI=1S/C13H17N3O2S/c1-3-18-11-4-5-12(14)13(6-11)19(17)9-10-7-15-16(2)8-10/h4-8H,3,9,14H2,1-2H3. The predicted molar refractivity (Wildman–Crippen MR) is 75.3 cm³/mol. The molecule has 6 heteroatoms. The number of nitrogens with zero attached hydrogens (tertiary/aromatic N) is 2. The Morgan fingerprint density at radius 1 is 1.47 bits per heavy atom. The highest BCUT2D eigenvalue weighted by atomic mass is 32.2. The van der Waals surface area contributed by atoms with Crippen molar-refractivity contribution in [1.82, 2.24) is 9.78 Å². The molecule has 0 fully saturated rings. The van der Waals surface area contributed by atoms with Gasteiger partial charge in [0.2, 0.25) is 0 Å². The van der Waals surface area contributed by atoms with Crippen molar-refractivity contribution in [3.63, 3.8) is 0 Å². The summed E-state index contributed by atoms with van der Waals surface area (Å²) in [6.07, 6.45) is 3.56. The Morgan fingerprint density at radius 3 is 2.89 bits per heavy atom. The molecular weight excluding hydrogens is 262 g/mol. The largest absolute Gasteiger partial charge is 0.494 e. The lowest BCUT2D eigenvalue weighted by Crippen LogP contribution is -2.02. The zero-order valence-corrected chi connectivity index (χ0v) is 11.8. The van der Waals surface area contributed by atoms with E-state index < -0.39 is 10.8 Å².